The number of hydrogen-bond donors (Lipinski definition) is 0. The molecule has 0 bridgehead atoms. The van der Waals surface area contributed by atoms with E-state index in [0.29, 0.717) is 0 Å². The van der Waals surface area contributed by atoms with Crippen LogP contribution in [0.5, 0.6) is 0 Å². The summed E-state index contributed by atoms with van der Waals surface area (Å²) >= 11 is 5.21. The summed E-state index contributed by atoms with van der Waals surface area (Å²) < 4.78 is 3.60. The minimum atomic E-state index is 0.963. The second-order valence-corrected chi connectivity index (χ2v) is 13.3. The molecule has 0 N–H and O–H groups in total. The van der Waals surface area contributed by atoms with Gasteiger partial charge in [0.2, 0.25) is 0 Å². The highest BCUT2D eigenvalue weighted by molar-refractivity contribution is 7.21. The summed E-state index contributed by atoms with van der Waals surface area (Å²) in [7, 11) is 0. The van der Waals surface area contributed by atoms with Crippen molar-refractivity contribution in [2.75, 3.05) is 0 Å². The molecule has 0 unspecified atom stereocenters. The minimum absolute atomic E-state index is 0.963. The van der Waals surface area contributed by atoms with Crippen LogP contribution >= 0.6 is 34.0 Å². The maximum Gasteiger partial charge on any atom is 0.125 e. The van der Waals surface area contributed by atoms with Crippen molar-refractivity contribution in [3.63, 3.8) is 0 Å². The van der Waals surface area contributed by atoms with Gasteiger partial charge in [-0.15, -0.1) is 11.3 Å². The monoisotopic (exact) mass is 617 g/mol. The summed E-state index contributed by atoms with van der Waals surface area (Å²) in [5.74, 6) is 0. The van der Waals surface area contributed by atoms with E-state index in [1.807, 2.05) is 18.3 Å². The highest BCUT2D eigenvalue weighted by Gasteiger charge is 2.20. The SMILES string of the molecule is c1ccc(-c2cccc(-n3c4ccc(-c5ccsc5)cc4c4cc(-c5ccsc5)c(-c5nc6ccccc6s5)cc43)c2)nc1. The Morgan fingerprint density at radius 3 is 2.23 bits per heavy atom. The molecule has 44 heavy (non-hydrogen) atoms. The largest absolute Gasteiger partial charge is 0.309 e. The molecule has 9 rings (SSSR count). The standard InChI is InChI=1S/C38H23N3S3/c1-2-10-37-34(9-1)40-38(44-37)32-21-36-31(20-29(32)27-14-17-43-23-27)30-19-24(26-13-16-42-22-26)11-12-35(30)41(36)28-7-5-6-25(18-28)33-8-3-4-15-39-33/h1-23H. The van der Waals surface area contributed by atoms with Crippen LogP contribution < -0.4 is 0 Å². The molecule has 0 fully saturated rings. The van der Waals surface area contributed by atoms with Crippen LogP contribution in [0.4, 0.5) is 0 Å². The molecule has 9 aromatic rings. The van der Waals surface area contributed by atoms with Crippen LogP contribution in [-0.2, 0) is 0 Å². The van der Waals surface area contributed by atoms with E-state index >= 15 is 0 Å². The van der Waals surface area contributed by atoms with Gasteiger partial charge in [0, 0.05) is 33.8 Å². The molecule has 5 heterocycles. The van der Waals surface area contributed by atoms with Crippen molar-refractivity contribution in [3.8, 4) is 49.8 Å². The van der Waals surface area contributed by atoms with Crippen molar-refractivity contribution in [1.82, 2.24) is 14.5 Å². The molecule has 4 aromatic carbocycles. The Balaban J connectivity index is 1.37. The molecule has 0 radical (unpaired) electrons. The van der Waals surface area contributed by atoms with Crippen LogP contribution in [0.15, 0.2) is 137 Å². The Hall–Kier alpha value is -4.88. The van der Waals surface area contributed by atoms with E-state index in [1.54, 1.807) is 34.0 Å². The molecule has 0 amide bonds. The fourth-order valence-electron chi connectivity index (χ4n) is 6.11. The molecule has 0 aliphatic rings. The molecule has 208 valence electrons. The number of nitrogens with zero attached hydrogens (tertiary/aromatic N) is 3. The third-order valence-electron chi connectivity index (χ3n) is 8.18. The molecule has 3 nitrogen and oxygen atoms in total. The van der Waals surface area contributed by atoms with Crippen LogP contribution in [0.1, 0.15) is 0 Å². The van der Waals surface area contributed by atoms with Gasteiger partial charge in [0.1, 0.15) is 5.01 Å². The third kappa shape index (κ3) is 4.22. The second-order valence-electron chi connectivity index (χ2n) is 10.8. The Bertz CT molecular complexity index is 2400. The molecule has 0 spiro atoms. The van der Waals surface area contributed by atoms with E-state index in [4.69, 9.17) is 4.98 Å². The molecule has 0 aliphatic carbocycles. The van der Waals surface area contributed by atoms with Crippen molar-refractivity contribution >= 4 is 66.0 Å². The topological polar surface area (TPSA) is 30.7 Å². The number of aromatic nitrogens is 3. The highest BCUT2D eigenvalue weighted by Crippen LogP contribution is 2.44. The van der Waals surface area contributed by atoms with Crippen molar-refractivity contribution in [2.24, 2.45) is 0 Å². The Kier molecular flexibility index (Phi) is 6.04. The molecule has 0 saturated heterocycles. The lowest BCUT2D eigenvalue weighted by Gasteiger charge is -2.12. The van der Waals surface area contributed by atoms with Crippen molar-refractivity contribution in [2.45, 2.75) is 0 Å². The molecular formula is C38H23N3S3. The van der Waals surface area contributed by atoms with Gasteiger partial charge in [-0.3, -0.25) is 4.98 Å². The van der Waals surface area contributed by atoms with Crippen LogP contribution in [0, 0.1) is 0 Å². The van der Waals surface area contributed by atoms with Crippen LogP contribution in [-0.4, -0.2) is 14.5 Å². The Morgan fingerprint density at radius 2 is 1.41 bits per heavy atom. The summed E-state index contributed by atoms with van der Waals surface area (Å²) in [6, 6.07) is 39.2. The van der Waals surface area contributed by atoms with Gasteiger partial charge in [-0.05, 0) is 117 Å². The molecule has 0 atom stereocenters. The fraction of sp³-hybridized carbons (Fsp3) is 0. The van der Waals surface area contributed by atoms with Crippen LogP contribution in [0.3, 0.4) is 0 Å². The zero-order valence-electron chi connectivity index (χ0n) is 23.3. The van der Waals surface area contributed by atoms with Gasteiger partial charge in [-0.2, -0.15) is 22.7 Å². The molecular weight excluding hydrogens is 595 g/mol. The van der Waals surface area contributed by atoms with Gasteiger partial charge < -0.3 is 4.57 Å². The first-order valence-electron chi connectivity index (χ1n) is 14.4. The number of fused-ring (bicyclic) bond motifs is 4. The predicted molar refractivity (Wildman–Crippen MR) is 189 cm³/mol. The van der Waals surface area contributed by atoms with E-state index in [-0.39, 0.29) is 0 Å². The van der Waals surface area contributed by atoms with Gasteiger partial charge >= 0.3 is 0 Å². The average molecular weight is 618 g/mol. The summed E-state index contributed by atoms with van der Waals surface area (Å²) in [5, 5.41) is 12.3. The zero-order valence-corrected chi connectivity index (χ0v) is 25.8. The zero-order chi connectivity index (χ0) is 29.0. The molecule has 6 heteroatoms. The number of para-hydroxylation sites is 1. The van der Waals surface area contributed by atoms with E-state index in [0.717, 1.165) is 38.5 Å². The summed E-state index contributed by atoms with van der Waals surface area (Å²) in [6.07, 6.45) is 1.85. The quantitative estimate of drug-likeness (QED) is 0.192. The van der Waals surface area contributed by atoms with Crippen molar-refractivity contribution in [3.05, 3.63) is 137 Å². The van der Waals surface area contributed by atoms with Crippen LogP contribution in [0.25, 0.3) is 81.8 Å². The van der Waals surface area contributed by atoms with Gasteiger partial charge in [0.15, 0.2) is 0 Å². The predicted octanol–water partition coefficient (Wildman–Crippen LogP) is 11.6. The van der Waals surface area contributed by atoms with E-state index in [2.05, 4.69) is 128 Å². The molecule has 0 aliphatic heterocycles. The van der Waals surface area contributed by atoms with Gasteiger partial charge in [-0.1, -0.05) is 36.4 Å². The first-order chi connectivity index (χ1) is 21.8. The number of pyridine rings is 1. The van der Waals surface area contributed by atoms with Gasteiger partial charge in [0.05, 0.1) is 26.9 Å². The van der Waals surface area contributed by atoms with E-state index in [1.165, 1.54) is 43.2 Å². The van der Waals surface area contributed by atoms with Crippen molar-refractivity contribution in [1.29, 1.82) is 0 Å². The lowest BCUT2D eigenvalue weighted by Crippen LogP contribution is -1.95. The van der Waals surface area contributed by atoms with E-state index in [9.17, 15) is 0 Å². The lowest BCUT2D eigenvalue weighted by molar-refractivity contribution is 1.18. The van der Waals surface area contributed by atoms with Crippen molar-refractivity contribution < 1.29 is 0 Å². The lowest BCUT2D eigenvalue weighted by atomic mass is 9.98. The third-order valence-corrected chi connectivity index (χ3v) is 10.6. The highest BCUT2D eigenvalue weighted by atomic mass is 32.1. The Morgan fingerprint density at radius 1 is 0.568 bits per heavy atom. The second kappa shape index (κ2) is 10.4. The first-order valence-corrected chi connectivity index (χ1v) is 17.1. The fourth-order valence-corrected chi connectivity index (χ4v) is 8.43. The Labute approximate surface area is 266 Å². The van der Waals surface area contributed by atoms with Crippen LogP contribution in [0.2, 0.25) is 0 Å². The minimum Gasteiger partial charge on any atom is -0.309 e. The first kappa shape index (κ1) is 25.6. The number of rotatable bonds is 5. The average Bonchev–Trinajstić information content (AvgIpc) is 3.90. The summed E-state index contributed by atoms with van der Waals surface area (Å²) in [4.78, 5) is 9.76. The number of thiazole rings is 1. The number of thiophene rings is 2. The maximum absolute atomic E-state index is 5.12. The normalized spacial score (nSPS) is 11.6. The molecule has 0 saturated carbocycles. The number of hydrogen-bond acceptors (Lipinski definition) is 5. The number of benzene rings is 4. The van der Waals surface area contributed by atoms with Gasteiger partial charge in [0.25, 0.3) is 0 Å². The summed E-state index contributed by atoms with van der Waals surface area (Å²) in [6.45, 7) is 0. The smallest absolute Gasteiger partial charge is 0.125 e. The van der Waals surface area contributed by atoms with E-state index < -0.39 is 0 Å². The summed E-state index contributed by atoms with van der Waals surface area (Å²) in [5.41, 5.74) is 12.6. The maximum atomic E-state index is 5.12. The van der Waals surface area contributed by atoms with Gasteiger partial charge in [-0.25, -0.2) is 4.98 Å². The molecule has 5 aromatic heterocycles.